The van der Waals surface area contributed by atoms with E-state index in [1.807, 2.05) is 61.5 Å². The number of methoxy groups -OCH3 is 1. The van der Waals surface area contributed by atoms with Crippen molar-refractivity contribution in [2.45, 2.75) is 18.9 Å². The second-order valence-corrected chi connectivity index (χ2v) is 9.28. The molecule has 0 radical (unpaired) electrons. The third-order valence-electron chi connectivity index (χ3n) is 7.30. The summed E-state index contributed by atoms with van der Waals surface area (Å²) >= 11 is 0. The van der Waals surface area contributed by atoms with Crippen molar-refractivity contribution in [3.63, 3.8) is 0 Å². The van der Waals surface area contributed by atoms with E-state index in [0.717, 1.165) is 16.9 Å². The monoisotopic (exact) mass is 480 g/mol. The van der Waals surface area contributed by atoms with Crippen LogP contribution in [-0.2, 0) is 16.8 Å². The van der Waals surface area contributed by atoms with E-state index < -0.39 is 11.4 Å². The third-order valence-corrected chi connectivity index (χ3v) is 7.30. The van der Waals surface area contributed by atoms with Gasteiger partial charge in [-0.1, -0.05) is 42.0 Å². The van der Waals surface area contributed by atoms with Crippen LogP contribution in [0.4, 0.5) is 5.69 Å². The fourth-order valence-corrected chi connectivity index (χ4v) is 5.54. The number of anilines is 1. The molecule has 2 amide bonds. The van der Waals surface area contributed by atoms with E-state index in [4.69, 9.17) is 9.15 Å². The molecule has 4 aromatic rings. The molecular formula is C29H24N2O5. The maximum atomic E-state index is 14.1. The maximum absolute atomic E-state index is 14.1. The quantitative estimate of drug-likeness (QED) is 0.441. The first-order valence-electron chi connectivity index (χ1n) is 11.8. The van der Waals surface area contributed by atoms with Gasteiger partial charge >= 0.3 is 0 Å². The lowest BCUT2D eigenvalue weighted by molar-refractivity contribution is -0.125. The summed E-state index contributed by atoms with van der Waals surface area (Å²) in [5, 5.41) is 0.359. The molecule has 6 rings (SSSR count). The minimum absolute atomic E-state index is 0.0652. The standard InChI is InChI=1S/C29H24N2O5/c1-17-8-13-23-20(16-17)25(32)24-26(36-23)27(33)31(15-14-18-9-11-19(35-3)12-10-18)29(24)21-6-4-5-7-22(21)30(2)28(29)34/h4-13,16H,14-15H2,1-3H3. The molecule has 1 aromatic heterocycles. The molecule has 1 unspecified atom stereocenters. The number of aryl methyl sites for hydroxylation is 1. The fraction of sp³-hybridized carbons (Fsp3) is 0.207. The first-order chi connectivity index (χ1) is 17.4. The van der Waals surface area contributed by atoms with Gasteiger partial charge in [0.05, 0.1) is 18.1 Å². The van der Waals surface area contributed by atoms with Gasteiger partial charge in [-0.2, -0.15) is 0 Å². The van der Waals surface area contributed by atoms with Crippen LogP contribution >= 0.6 is 0 Å². The van der Waals surface area contributed by atoms with Crippen LogP contribution in [-0.4, -0.2) is 37.4 Å². The summed E-state index contributed by atoms with van der Waals surface area (Å²) in [6.45, 7) is 2.11. The number of ether oxygens (including phenoxy) is 1. The summed E-state index contributed by atoms with van der Waals surface area (Å²) in [4.78, 5) is 45.0. The lowest BCUT2D eigenvalue weighted by Gasteiger charge is -2.34. The molecule has 0 N–H and O–H groups in total. The highest BCUT2D eigenvalue weighted by molar-refractivity contribution is 6.16. The minimum atomic E-state index is -1.58. The van der Waals surface area contributed by atoms with Crippen molar-refractivity contribution in [3.05, 3.63) is 105 Å². The normalized spacial score (nSPS) is 18.3. The van der Waals surface area contributed by atoms with Crippen LogP contribution in [0.2, 0.25) is 0 Å². The van der Waals surface area contributed by atoms with Crippen LogP contribution < -0.4 is 15.1 Å². The Bertz CT molecular complexity index is 1620. The zero-order valence-corrected chi connectivity index (χ0v) is 20.2. The predicted molar refractivity (Wildman–Crippen MR) is 136 cm³/mol. The van der Waals surface area contributed by atoms with E-state index in [2.05, 4.69) is 0 Å². The van der Waals surface area contributed by atoms with E-state index in [1.165, 1.54) is 9.80 Å². The highest BCUT2D eigenvalue weighted by Crippen LogP contribution is 2.52. The number of fused-ring (bicyclic) bond motifs is 5. The number of para-hydroxylation sites is 1. The van der Waals surface area contributed by atoms with Gasteiger partial charge in [-0.25, -0.2) is 0 Å². The number of hydrogen-bond donors (Lipinski definition) is 0. The Morgan fingerprint density at radius 2 is 1.72 bits per heavy atom. The zero-order chi connectivity index (χ0) is 25.2. The SMILES string of the molecule is COc1ccc(CCN2C(=O)c3oc4ccc(C)cc4c(=O)c3C23C(=O)N(C)c2ccccc23)cc1. The first-order valence-corrected chi connectivity index (χ1v) is 11.8. The molecule has 7 heteroatoms. The van der Waals surface area contributed by atoms with Gasteiger partial charge in [0, 0.05) is 24.8 Å². The summed E-state index contributed by atoms with van der Waals surface area (Å²) in [7, 11) is 3.28. The highest BCUT2D eigenvalue weighted by Gasteiger charge is 2.64. The summed E-state index contributed by atoms with van der Waals surface area (Å²) in [5.74, 6) is -0.135. The van der Waals surface area contributed by atoms with E-state index in [1.54, 1.807) is 26.3 Å². The second-order valence-electron chi connectivity index (χ2n) is 9.28. The lowest BCUT2D eigenvalue weighted by Crippen LogP contribution is -2.53. The molecule has 3 heterocycles. The van der Waals surface area contributed by atoms with E-state index in [0.29, 0.717) is 28.6 Å². The number of hydrogen-bond acceptors (Lipinski definition) is 5. The number of carbonyl (C=O) groups is 2. The Morgan fingerprint density at radius 1 is 0.972 bits per heavy atom. The molecule has 0 saturated heterocycles. The van der Waals surface area contributed by atoms with Crippen molar-refractivity contribution in [2.24, 2.45) is 0 Å². The van der Waals surface area contributed by atoms with Gasteiger partial charge in [0.2, 0.25) is 5.76 Å². The molecule has 0 bridgehead atoms. The third kappa shape index (κ3) is 2.83. The largest absolute Gasteiger partial charge is 0.497 e. The van der Waals surface area contributed by atoms with Crippen molar-refractivity contribution in [1.29, 1.82) is 0 Å². The fourth-order valence-electron chi connectivity index (χ4n) is 5.54. The van der Waals surface area contributed by atoms with Crippen LogP contribution in [0.25, 0.3) is 11.0 Å². The van der Waals surface area contributed by atoms with Crippen molar-refractivity contribution in [2.75, 3.05) is 25.6 Å². The summed E-state index contributed by atoms with van der Waals surface area (Å²) in [5.41, 5.74) is 1.64. The Balaban J connectivity index is 1.58. The van der Waals surface area contributed by atoms with Crippen molar-refractivity contribution in [1.82, 2.24) is 4.90 Å². The van der Waals surface area contributed by atoms with Crippen LogP contribution in [0.1, 0.15) is 32.8 Å². The lowest BCUT2D eigenvalue weighted by atomic mass is 9.83. The molecule has 7 nitrogen and oxygen atoms in total. The molecule has 1 atom stereocenters. The number of benzene rings is 3. The van der Waals surface area contributed by atoms with Gasteiger partial charge in [0.1, 0.15) is 11.3 Å². The van der Waals surface area contributed by atoms with Gasteiger partial charge in [0.25, 0.3) is 11.8 Å². The van der Waals surface area contributed by atoms with Crippen LogP contribution in [0.3, 0.4) is 0 Å². The molecule has 0 aliphatic carbocycles. The van der Waals surface area contributed by atoms with Crippen LogP contribution in [0, 0.1) is 6.92 Å². The summed E-state index contributed by atoms with van der Waals surface area (Å²) in [6.07, 6.45) is 0.484. The van der Waals surface area contributed by atoms with Crippen LogP contribution in [0.15, 0.2) is 75.9 Å². The number of nitrogens with zero attached hydrogens (tertiary/aromatic N) is 2. The van der Waals surface area contributed by atoms with Gasteiger partial charge in [-0.15, -0.1) is 0 Å². The second kappa shape index (κ2) is 7.81. The Morgan fingerprint density at radius 3 is 2.47 bits per heavy atom. The number of carbonyl (C=O) groups excluding carboxylic acids is 2. The van der Waals surface area contributed by atoms with E-state index in [-0.39, 0.29) is 29.2 Å². The van der Waals surface area contributed by atoms with Gasteiger partial charge in [0.15, 0.2) is 11.0 Å². The first kappa shape index (κ1) is 22.1. The van der Waals surface area contributed by atoms with Gasteiger partial charge in [-0.05, 0) is 49.2 Å². The molecule has 0 saturated carbocycles. The number of likely N-dealkylation sites (N-methyl/N-ethyl adjacent to an activating group) is 1. The van der Waals surface area contributed by atoms with Crippen molar-refractivity contribution in [3.8, 4) is 5.75 Å². The van der Waals surface area contributed by atoms with Crippen LogP contribution in [0.5, 0.6) is 5.75 Å². The molecule has 1 spiro atoms. The predicted octanol–water partition coefficient (Wildman–Crippen LogP) is 4.03. The number of amides is 2. The zero-order valence-electron chi connectivity index (χ0n) is 20.2. The topological polar surface area (TPSA) is 80.1 Å². The Kier molecular flexibility index (Phi) is 4.80. The van der Waals surface area contributed by atoms with Crippen molar-refractivity contribution >= 4 is 28.5 Å². The van der Waals surface area contributed by atoms with E-state index >= 15 is 0 Å². The molecule has 2 aliphatic heterocycles. The summed E-state index contributed by atoms with van der Waals surface area (Å²) < 4.78 is 11.3. The molecular weight excluding hydrogens is 456 g/mol. The van der Waals surface area contributed by atoms with Gasteiger partial charge in [-0.3, -0.25) is 14.4 Å². The minimum Gasteiger partial charge on any atom is -0.497 e. The average molecular weight is 481 g/mol. The Labute approximate surface area is 207 Å². The highest BCUT2D eigenvalue weighted by atomic mass is 16.5. The maximum Gasteiger partial charge on any atom is 0.291 e. The molecule has 0 fully saturated rings. The Hall–Kier alpha value is -4.39. The molecule has 36 heavy (non-hydrogen) atoms. The molecule has 180 valence electrons. The molecule has 2 aliphatic rings. The molecule has 3 aromatic carbocycles. The average Bonchev–Trinajstić information content (AvgIpc) is 3.28. The van der Waals surface area contributed by atoms with E-state index in [9.17, 15) is 14.4 Å². The van der Waals surface area contributed by atoms with Crippen molar-refractivity contribution < 1.29 is 18.7 Å². The summed E-state index contributed by atoms with van der Waals surface area (Å²) in [6, 6.07) is 20.2. The number of rotatable bonds is 4. The smallest absolute Gasteiger partial charge is 0.291 e. The van der Waals surface area contributed by atoms with Gasteiger partial charge < -0.3 is 19.0 Å².